The van der Waals surface area contributed by atoms with Crippen molar-refractivity contribution < 1.29 is 27.2 Å². The fourth-order valence-electron chi connectivity index (χ4n) is 2.77. The summed E-state index contributed by atoms with van der Waals surface area (Å²) < 4.78 is 52.5. The maximum atomic E-state index is 14.4. The second-order valence-corrected chi connectivity index (χ2v) is 6.54. The zero-order chi connectivity index (χ0) is 22.8. The van der Waals surface area contributed by atoms with Crippen molar-refractivity contribution in [3.05, 3.63) is 54.0 Å². The van der Waals surface area contributed by atoms with E-state index in [1.807, 2.05) is 5.32 Å². The Morgan fingerprint density at radius 3 is 2.45 bits per heavy atom. The van der Waals surface area contributed by atoms with Crippen molar-refractivity contribution in [2.24, 2.45) is 11.5 Å². The van der Waals surface area contributed by atoms with Crippen LogP contribution < -0.4 is 22.1 Å². The van der Waals surface area contributed by atoms with E-state index in [0.29, 0.717) is 17.3 Å². The van der Waals surface area contributed by atoms with E-state index in [2.05, 4.69) is 15.3 Å². The number of nitrogens with zero attached hydrogens (tertiary/aromatic N) is 2. The van der Waals surface area contributed by atoms with Crippen molar-refractivity contribution in [1.82, 2.24) is 9.97 Å². The number of alkyl halides is 3. The van der Waals surface area contributed by atoms with Gasteiger partial charge in [0.15, 0.2) is 11.6 Å². The van der Waals surface area contributed by atoms with Crippen molar-refractivity contribution in [1.29, 1.82) is 0 Å². The van der Waals surface area contributed by atoms with Crippen molar-refractivity contribution in [3.8, 4) is 0 Å². The minimum absolute atomic E-state index is 0.247. The van der Waals surface area contributed by atoms with Gasteiger partial charge in [-0.1, -0.05) is 18.2 Å². The Bertz CT molecular complexity index is 1150. The number of pyridine rings is 2. The number of primary amides is 2. The summed E-state index contributed by atoms with van der Waals surface area (Å²) in [4.78, 5) is 31.1. The maximum Gasteiger partial charge on any atom is 0.391 e. The van der Waals surface area contributed by atoms with Crippen LogP contribution in [0.4, 0.5) is 34.9 Å². The Kier molecular flexibility index (Phi) is 5.90. The molecule has 2 heterocycles. The zero-order valence-corrected chi connectivity index (χ0v) is 15.7. The molecule has 3 aromatic rings. The normalized spacial score (nSPS) is 12.4. The minimum atomic E-state index is -4.74. The molecule has 0 aliphatic rings. The van der Waals surface area contributed by atoms with Gasteiger partial charge in [-0.3, -0.25) is 14.6 Å². The number of carbonyl (C=O) groups excluding carboxylic acids is 2. The summed E-state index contributed by atoms with van der Waals surface area (Å²) in [5.74, 6) is -4.54. The summed E-state index contributed by atoms with van der Waals surface area (Å²) in [5, 5.41) is 5.52. The van der Waals surface area contributed by atoms with E-state index in [-0.39, 0.29) is 11.4 Å². The number of benzene rings is 1. The lowest BCUT2D eigenvalue weighted by Crippen LogP contribution is -2.39. The van der Waals surface area contributed by atoms with Gasteiger partial charge >= 0.3 is 6.18 Å². The quantitative estimate of drug-likeness (QED) is 0.421. The first kappa shape index (κ1) is 21.7. The van der Waals surface area contributed by atoms with E-state index in [0.717, 1.165) is 5.39 Å². The lowest BCUT2D eigenvalue weighted by molar-refractivity contribution is -0.144. The first-order valence-corrected chi connectivity index (χ1v) is 8.78. The molecule has 0 spiro atoms. The summed E-state index contributed by atoms with van der Waals surface area (Å²) in [7, 11) is 0. The molecule has 0 radical (unpaired) electrons. The van der Waals surface area contributed by atoms with E-state index < -0.39 is 42.1 Å². The molecule has 0 aliphatic carbocycles. The summed E-state index contributed by atoms with van der Waals surface area (Å²) in [5.41, 5.74) is 10.9. The second-order valence-electron chi connectivity index (χ2n) is 6.54. The van der Waals surface area contributed by atoms with Gasteiger partial charge in [0.2, 0.25) is 5.91 Å². The maximum absolute atomic E-state index is 14.4. The average Bonchev–Trinajstić information content (AvgIpc) is 2.68. The summed E-state index contributed by atoms with van der Waals surface area (Å²) in [6.07, 6.45) is -4.96. The van der Waals surface area contributed by atoms with Gasteiger partial charge in [0, 0.05) is 5.39 Å². The molecular formula is C19H16F4N6O2. The van der Waals surface area contributed by atoms with Crippen LogP contribution in [0, 0.1) is 5.82 Å². The Balaban J connectivity index is 1.98. The fourth-order valence-corrected chi connectivity index (χ4v) is 2.77. The third-order valence-corrected chi connectivity index (χ3v) is 4.18. The Morgan fingerprint density at radius 2 is 1.81 bits per heavy atom. The number of para-hydroxylation sites is 1. The number of halogens is 4. The van der Waals surface area contributed by atoms with Crippen LogP contribution in [0.25, 0.3) is 10.9 Å². The molecule has 2 amide bonds. The smallest absolute Gasteiger partial charge is 0.368 e. The van der Waals surface area contributed by atoms with Crippen molar-refractivity contribution >= 4 is 40.0 Å². The third-order valence-electron chi connectivity index (χ3n) is 4.18. The van der Waals surface area contributed by atoms with Gasteiger partial charge in [0.1, 0.15) is 11.9 Å². The van der Waals surface area contributed by atoms with Crippen LogP contribution in [0.15, 0.2) is 42.6 Å². The van der Waals surface area contributed by atoms with Gasteiger partial charge in [0.05, 0.1) is 29.4 Å². The highest BCUT2D eigenvalue weighted by molar-refractivity contribution is 5.99. The van der Waals surface area contributed by atoms with Crippen LogP contribution >= 0.6 is 0 Å². The van der Waals surface area contributed by atoms with Gasteiger partial charge in [0.25, 0.3) is 5.91 Å². The van der Waals surface area contributed by atoms with E-state index in [1.54, 1.807) is 30.3 Å². The Morgan fingerprint density at radius 1 is 1.10 bits per heavy atom. The van der Waals surface area contributed by atoms with Crippen LogP contribution in [-0.4, -0.2) is 34.0 Å². The molecule has 1 atom stereocenters. The van der Waals surface area contributed by atoms with Crippen molar-refractivity contribution in [2.45, 2.75) is 18.6 Å². The molecular weight excluding hydrogens is 420 g/mol. The third kappa shape index (κ3) is 5.35. The molecule has 3 rings (SSSR count). The largest absolute Gasteiger partial charge is 0.391 e. The molecule has 1 aromatic carbocycles. The van der Waals surface area contributed by atoms with Crippen LogP contribution in [0.5, 0.6) is 0 Å². The number of aromatic nitrogens is 2. The summed E-state index contributed by atoms with van der Waals surface area (Å²) >= 11 is 0. The van der Waals surface area contributed by atoms with Gasteiger partial charge in [-0.25, -0.2) is 9.37 Å². The van der Waals surface area contributed by atoms with Gasteiger partial charge in [-0.15, -0.1) is 0 Å². The molecule has 0 saturated heterocycles. The Labute approximate surface area is 172 Å². The molecule has 0 saturated carbocycles. The molecule has 162 valence electrons. The second kappa shape index (κ2) is 8.42. The highest BCUT2D eigenvalue weighted by Crippen LogP contribution is 2.27. The predicted molar refractivity (Wildman–Crippen MR) is 105 cm³/mol. The number of fused-ring (bicyclic) bond motifs is 1. The highest BCUT2D eigenvalue weighted by Gasteiger charge is 2.35. The standard InChI is InChI=1S/C19H16F4N6O2/c20-12-6-11(15(24)30)17(27-10-5-9-3-1-2-4-13(9)26-8-10)29-18(12)28-14(16(25)31)7-19(21,22)23/h1-6,8,14H,7H2,(H2,24,30)(H2,25,31)(H2,27,28,29). The number of hydrogen-bond donors (Lipinski definition) is 4. The van der Waals surface area contributed by atoms with Gasteiger partial charge in [-0.2, -0.15) is 13.2 Å². The number of hydrogen-bond acceptors (Lipinski definition) is 6. The van der Waals surface area contributed by atoms with E-state index in [4.69, 9.17) is 11.5 Å². The number of anilines is 3. The van der Waals surface area contributed by atoms with Crippen LogP contribution in [0.3, 0.4) is 0 Å². The van der Waals surface area contributed by atoms with Crippen molar-refractivity contribution in [2.75, 3.05) is 10.6 Å². The zero-order valence-electron chi connectivity index (χ0n) is 15.7. The molecule has 8 nitrogen and oxygen atoms in total. The highest BCUT2D eigenvalue weighted by atomic mass is 19.4. The first-order valence-electron chi connectivity index (χ1n) is 8.78. The van der Waals surface area contributed by atoms with Crippen molar-refractivity contribution in [3.63, 3.8) is 0 Å². The molecule has 31 heavy (non-hydrogen) atoms. The number of amides is 2. The SMILES string of the molecule is NC(=O)c1cc(F)c(NC(CC(F)(F)F)C(N)=O)nc1Nc1cnc2ccccc2c1. The summed E-state index contributed by atoms with van der Waals surface area (Å²) in [6, 6.07) is 7.52. The van der Waals surface area contributed by atoms with Crippen LogP contribution in [0.2, 0.25) is 0 Å². The fraction of sp³-hybridized carbons (Fsp3) is 0.158. The average molecular weight is 436 g/mol. The monoisotopic (exact) mass is 436 g/mol. The van der Waals surface area contributed by atoms with Crippen LogP contribution in [0.1, 0.15) is 16.8 Å². The molecule has 0 fully saturated rings. The molecule has 12 heteroatoms. The van der Waals surface area contributed by atoms with Crippen LogP contribution in [-0.2, 0) is 4.79 Å². The number of nitrogens with two attached hydrogens (primary N) is 2. The predicted octanol–water partition coefficient (Wildman–Crippen LogP) is 2.83. The van der Waals surface area contributed by atoms with Gasteiger partial charge < -0.3 is 22.1 Å². The van der Waals surface area contributed by atoms with Gasteiger partial charge in [-0.05, 0) is 18.2 Å². The van der Waals surface area contributed by atoms with E-state index in [1.165, 1.54) is 6.20 Å². The number of nitrogens with one attached hydrogen (secondary N) is 2. The molecule has 1 unspecified atom stereocenters. The van der Waals surface area contributed by atoms with E-state index >= 15 is 0 Å². The summed E-state index contributed by atoms with van der Waals surface area (Å²) in [6.45, 7) is 0. The minimum Gasteiger partial charge on any atom is -0.368 e. The molecule has 6 N–H and O–H groups in total. The number of rotatable bonds is 7. The van der Waals surface area contributed by atoms with E-state index in [9.17, 15) is 27.2 Å². The molecule has 2 aromatic heterocycles. The Hall–Kier alpha value is -3.96. The lowest BCUT2D eigenvalue weighted by Gasteiger charge is -2.19. The topological polar surface area (TPSA) is 136 Å². The lowest BCUT2D eigenvalue weighted by atomic mass is 10.1. The molecule has 0 bridgehead atoms. The first-order chi connectivity index (χ1) is 14.5. The number of carbonyl (C=O) groups is 2. The molecule has 0 aliphatic heterocycles.